The highest BCUT2D eigenvalue weighted by Gasteiger charge is 2.34. The van der Waals surface area contributed by atoms with Gasteiger partial charge in [-0.1, -0.05) is 30.3 Å². The summed E-state index contributed by atoms with van der Waals surface area (Å²) < 4.78 is 0. The Morgan fingerprint density at radius 2 is 2.09 bits per heavy atom. The largest absolute Gasteiger partial charge is 0.339 e. The highest BCUT2D eigenvalue weighted by Crippen LogP contribution is 2.27. The molecule has 0 saturated carbocycles. The van der Waals surface area contributed by atoms with Crippen LogP contribution in [0.3, 0.4) is 0 Å². The molecule has 0 radical (unpaired) electrons. The Morgan fingerprint density at radius 3 is 2.87 bits per heavy atom. The Labute approximate surface area is 140 Å². The van der Waals surface area contributed by atoms with Crippen LogP contribution in [0.2, 0.25) is 0 Å². The summed E-state index contributed by atoms with van der Waals surface area (Å²) >= 11 is 0. The van der Waals surface area contributed by atoms with Gasteiger partial charge in [0.2, 0.25) is 5.91 Å². The Bertz CT molecular complexity index is 502. The first-order valence-electron chi connectivity index (χ1n) is 9.32. The molecule has 23 heavy (non-hydrogen) atoms. The van der Waals surface area contributed by atoms with Crippen LogP contribution in [0.5, 0.6) is 0 Å². The van der Waals surface area contributed by atoms with Crippen molar-refractivity contribution in [2.24, 2.45) is 5.92 Å². The van der Waals surface area contributed by atoms with Gasteiger partial charge in [-0.05, 0) is 64.0 Å². The Hall–Kier alpha value is -1.35. The highest BCUT2D eigenvalue weighted by molar-refractivity contribution is 5.79. The van der Waals surface area contributed by atoms with Gasteiger partial charge in [0.05, 0.1) is 0 Å². The van der Waals surface area contributed by atoms with Crippen molar-refractivity contribution >= 4 is 5.91 Å². The SMILES string of the molecule is C[C@H]1C[C@@H](C(=O)N2CCCC2CCCc2ccccc2)CCN1. The number of hydrogen-bond acceptors (Lipinski definition) is 2. The maximum absolute atomic E-state index is 12.9. The number of nitrogens with one attached hydrogen (secondary N) is 1. The minimum absolute atomic E-state index is 0.251. The summed E-state index contributed by atoms with van der Waals surface area (Å²) in [5.74, 6) is 0.682. The second-order valence-corrected chi connectivity index (χ2v) is 7.28. The van der Waals surface area contributed by atoms with E-state index in [-0.39, 0.29) is 5.92 Å². The van der Waals surface area contributed by atoms with E-state index < -0.39 is 0 Å². The molecule has 3 rings (SSSR count). The van der Waals surface area contributed by atoms with E-state index in [0.29, 0.717) is 18.0 Å². The molecule has 0 aromatic heterocycles. The van der Waals surface area contributed by atoms with Crippen LogP contribution in [-0.4, -0.2) is 36.0 Å². The lowest BCUT2D eigenvalue weighted by Crippen LogP contribution is -2.45. The molecule has 0 spiro atoms. The Morgan fingerprint density at radius 1 is 1.26 bits per heavy atom. The van der Waals surface area contributed by atoms with Crippen LogP contribution in [0.1, 0.15) is 51.0 Å². The molecular weight excluding hydrogens is 284 g/mol. The molecule has 3 heteroatoms. The molecule has 2 fully saturated rings. The van der Waals surface area contributed by atoms with Crippen LogP contribution in [0.25, 0.3) is 0 Å². The van der Waals surface area contributed by atoms with Crippen molar-refractivity contribution < 1.29 is 4.79 Å². The van der Waals surface area contributed by atoms with Gasteiger partial charge < -0.3 is 10.2 Å². The van der Waals surface area contributed by atoms with Crippen LogP contribution in [-0.2, 0) is 11.2 Å². The van der Waals surface area contributed by atoms with E-state index in [4.69, 9.17) is 0 Å². The smallest absolute Gasteiger partial charge is 0.226 e. The summed E-state index contributed by atoms with van der Waals surface area (Å²) in [6.45, 7) is 4.16. The van der Waals surface area contributed by atoms with E-state index in [0.717, 1.165) is 38.8 Å². The van der Waals surface area contributed by atoms with Crippen molar-refractivity contribution in [1.82, 2.24) is 10.2 Å². The maximum atomic E-state index is 12.9. The minimum atomic E-state index is 0.251. The van der Waals surface area contributed by atoms with Crippen LogP contribution in [0.4, 0.5) is 0 Å². The summed E-state index contributed by atoms with van der Waals surface area (Å²) in [7, 11) is 0. The van der Waals surface area contributed by atoms with Gasteiger partial charge in [0.25, 0.3) is 0 Å². The van der Waals surface area contributed by atoms with Crippen molar-refractivity contribution in [1.29, 1.82) is 0 Å². The van der Waals surface area contributed by atoms with Crippen molar-refractivity contribution in [2.45, 2.75) is 64.0 Å². The first-order valence-corrected chi connectivity index (χ1v) is 9.32. The number of amides is 1. The fourth-order valence-corrected chi connectivity index (χ4v) is 4.20. The average molecular weight is 314 g/mol. The van der Waals surface area contributed by atoms with Gasteiger partial charge in [0, 0.05) is 24.5 Å². The summed E-state index contributed by atoms with van der Waals surface area (Å²) in [5, 5.41) is 3.45. The van der Waals surface area contributed by atoms with Crippen LogP contribution in [0.15, 0.2) is 30.3 Å². The minimum Gasteiger partial charge on any atom is -0.339 e. The first-order chi connectivity index (χ1) is 11.2. The van der Waals surface area contributed by atoms with E-state index in [9.17, 15) is 4.79 Å². The summed E-state index contributed by atoms with van der Waals surface area (Å²) in [6, 6.07) is 11.7. The molecule has 1 unspecified atom stereocenters. The quantitative estimate of drug-likeness (QED) is 0.903. The molecule has 3 nitrogen and oxygen atoms in total. The van der Waals surface area contributed by atoms with Crippen LogP contribution < -0.4 is 5.32 Å². The molecule has 2 aliphatic rings. The Kier molecular flexibility index (Phi) is 5.71. The third-order valence-electron chi connectivity index (χ3n) is 5.48. The number of rotatable bonds is 5. The summed E-state index contributed by atoms with van der Waals surface area (Å²) in [4.78, 5) is 15.1. The summed E-state index contributed by atoms with van der Waals surface area (Å²) in [5.41, 5.74) is 1.41. The van der Waals surface area contributed by atoms with Gasteiger partial charge >= 0.3 is 0 Å². The average Bonchev–Trinajstić information content (AvgIpc) is 3.03. The monoisotopic (exact) mass is 314 g/mol. The number of carbonyl (C=O) groups excluding carboxylic acids is 1. The third-order valence-corrected chi connectivity index (χ3v) is 5.48. The van der Waals surface area contributed by atoms with Gasteiger partial charge in [-0.25, -0.2) is 0 Å². The molecule has 126 valence electrons. The predicted molar refractivity (Wildman–Crippen MR) is 94.3 cm³/mol. The maximum Gasteiger partial charge on any atom is 0.226 e. The molecule has 1 aromatic rings. The fraction of sp³-hybridized carbons (Fsp3) is 0.650. The molecule has 1 amide bonds. The number of likely N-dealkylation sites (tertiary alicyclic amines) is 1. The van der Waals surface area contributed by atoms with Crippen LogP contribution in [0, 0.1) is 5.92 Å². The van der Waals surface area contributed by atoms with Gasteiger partial charge in [-0.15, -0.1) is 0 Å². The molecule has 0 bridgehead atoms. The standard InChI is InChI=1S/C20H30N2O/c1-16-15-18(12-13-21-16)20(23)22-14-6-11-19(22)10-5-9-17-7-3-2-4-8-17/h2-4,7-8,16,18-19,21H,5-6,9-15H2,1H3/t16-,18-,19?/m0/s1. The normalized spacial score (nSPS) is 28.0. The first kappa shape index (κ1) is 16.5. The van der Waals surface area contributed by atoms with Gasteiger partial charge in [-0.3, -0.25) is 4.79 Å². The van der Waals surface area contributed by atoms with Crippen molar-refractivity contribution in [2.75, 3.05) is 13.1 Å². The number of nitrogens with zero attached hydrogens (tertiary/aromatic N) is 1. The molecule has 1 aromatic carbocycles. The number of piperidine rings is 1. The van der Waals surface area contributed by atoms with Crippen LogP contribution >= 0.6 is 0 Å². The van der Waals surface area contributed by atoms with Crippen molar-refractivity contribution in [3.05, 3.63) is 35.9 Å². The van der Waals surface area contributed by atoms with E-state index in [1.54, 1.807) is 0 Å². The molecule has 0 aliphatic carbocycles. The summed E-state index contributed by atoms with van der Waals surface area (Å²) in [6.07, 6.45) is 7.86. The van der Waals surface area contributed by atoms with Gasteiger partial charge in [-0.2, -0.15) is 0 Å². The molecular formula is C20H30N2O. The molecule has 2 aliphatic heterocycles. The molecule has 3 atom stereocenters. The highest BCUT2D eigenvalue weighted by atomic mass is 16.2. The molecule has 2 saturated heterocycles. The van der Waals surface area contributed by atoms with E-state index >= 15 is 0 Å². The second kappa shape index (κ2) is 7.96. The number of benzene rings is 1. The zero-order valence-electron chi connectivity index (χ0n) is 14.3. The fourth-order valence-electron chi connectivity index (χ4n) is 4.20. The van der Waals surface area contributed by atoms with Crippen molar-refractivity contribution in [3.63, 3.8) is 0 Å². The zero-order valence-corrected chi connectivity index (χ0v) is 14.3. The molecule has 2 heterocycles. The van der Waals surface area contributed by atoms with Crippen molar-refractivity contribution in [3.8, 4) is 0 Å². The lowest BCUT2D eigenvalue weighted by molar-refractivity contribution is -0.137. The molecule has 1 N–H and O–H groups in total. The van der Waals surface area contributed by atoms with Gasteiger partial charge in [0.1, 0.15) is 0 Å². The Balaban J connectivity index is 1.50. The predicted octanol–water partition coefficient (Wildman–Crippen LogP) is 3.39. The number of aryl methyl sites for hydroxylation is 1. The van der Waals surface area contributed by atoms with E-state index in [2.05, 4.69) is 47.5 Å². The van der Waals surface area contributed by atoms with E-state index in [1.165, 1.54) is 24.8 Å². The van der Waals surface area contributed by atoms with E-state index in [1.807, 2.05) is 0 Å². The zero-order chi connectivity index (χ0) is 16.1. The van der Waals surface area contributed by atoms with Gasteiger partial charge in [0.15, 0.2) is 0 Å². The number of carbonyl (C=O) groups is 1. The number of hydrogen-bond donors (Lipinski definition) is 1. The topological polar surface area (TPSA) is 32.3 Å². The lowest BCUT2D eigenvalue weighted by Gasteiger charge is -2.33. The lowest BCUT2D eigenvalue weighted by atomic mass is 9.91. The third kappa shape index (κ3) is 4.35. The second-order valence-electron chi connectivity index (χ2n) is 7.28.